The minimum Gasteiger partial charge on any atom is -0.482 e. The highest BCUT2D eigenvalue weighted by atomic mass is 35.5. The Hall–Kier alpha value is -3.00. The van der Waals surface area contributed by atoms with Crippen LogP contribution in [0.15, 0.2) is 41.2 Å². The number of aromatic nitrogens is 3. The summed E-state index contributed by atoms with van der Waals surface area (Å²) in [5, 5.41) is 10.6. The molecule has 0 aliphatic rings. The molecule has 3 aromatic rings. The average Bonchev–Trinajstić information content (AvgIpc) is 2.61. The third kappa shape index (κ3) is 4.06. The molecule has 0 aliphatic heterocycles. The minimum atomic E-state index is -0.773. The van der Waals surface area contributed by atoms with E-state index >= 15 is 0 Å². The summed E-state index contributed by atoms with van der Waals surface area (Å²) in [4.78, 5) is 24.4. The molecule has 0 unspecified atom stereocenters. The molecule has 0 radical (unpaired) electrons. The summed E-state index contributed by atoms with van der Waals surface area (Å²) in [5.41, 5.74) is -0.317. The smallest absolute Gasteiger partial charge is 0.282 e. The lowest BCUT2D eigenvalue weighted by atomic mass is 10.2. The Labute approximate surface area is 158 Å². The number of hydrogen-bond acceptors (Lipinski definition) is 5. The van der Waals surface area contributed by atoms with Gasteiger partial charge in [0.2, 0.25) is 0 Å². The van der Waals surface area contributed by atoms with Crippen molar-refractivity contribution >= 4 is 28.4 Å². The zero-order valence-corrected chi connectivity index (χ0v) is 15.3. The van der Waals surface area contributed by atoms with Gasteiger partial charge in [-0.3, -0.25) is 9.59 Å². The van der Waals surface area contributed by atoms with Crippen molar-refractivity contribution < 1.29 is 13.9 Å². The predicted octanol–water partition coefficient (Wildman–Crippen LogP) is 2.48. The number of nitrogens with one attached hydrogen (secondary N) is 1. The molecule has 9 heteroatoms. The molecule has 1 amide bonds. The van der Waals surface area contributed by atoms with Crippen molar-refractivity contribution in [2.45, 2.75) is 19.9 Å². The largest absolute Gasteiger partial charge is 0.482 e. The summed E-state index contributed by atoms with van der Waals surface area (Å²) in [5.74, 6) is -1.07. The first-order chi connectivity index (χ1) is 12.9. The van der Waals surface area contributed by atoms with E-state index in [1.54, 1.807) is 24.3 Å². The van der Waals surface area contributed by atoms with Gasteiger partial charge in [-0.05, 0) is 32.0 Å². The second-order valence-electron chi connectivity index (χ2n) is 6.07. The number of carbonyl (C=O) groups excluding carboxylic acids is 1. The molecule has 1 aromatic heterocycles. The van der Waals surface area contributed by atoms with Gasteiger partial charge in [-0.2, -0.15) is 4.68 Å². The summed E-state index contributed by atoms with van der Waals surface area (Å²) in [7, 11) is 0. The molecule has 27 heavy (non-hydrogen) atoms. The number of nitrogens with zero attached hydrogens (tertiary/aromatic N) is 3. The van der Waals surface area contributed by atoms with Crippen molar-refractivity contribution in [3.63, 3.8) is 0 Å². The number of hydrogen-bond donors (Lipinski definition) is 1. The van der Waals surface area contributed by atoms with E-state index in [1.807, 2.05) is 13.8 Å². The van der Waals surface area contributed by atoms with Gasteiger partial charge in [0.25, 0.3) is 11.5 Å². The molecule has 0 atom stereocenters. The highest BCUT2D eigenvalue weighted by Gasteiger charge is 2.16. The number of ether oxygens (including phenoxy) is 1. The van der Waals surface area contributed by atoms with E-state index in [-0.39, 0.29) is 35.0 Å². The normalized spacial score (nSPS) is 11.0. The van der Waals surface area contributed by atoms with Gasteiger partial charge in [-0.15, -0.1) is 5.10 Å². The van der Waals surface area contributed by atoms with Gasteiger partial charge in [0.15, 0.2) is 12.4 Å². The molecule has 1 heterocycles. The summed E-state index contributed by atoms with van der Waals surface area (Å²) in [6.07, 6.45) is 0. The molecule has 2 aromatic carbocycles. The van der Waals surface area contributed by atoms with Crippen LogP contribution in [-0.2, 0) is 4.79 Å². The van der Waals surface area contributed by atoms with Crippen LogP contribution in [0.4, 0.5) is 4.39 Å². The highest BCUT2D eigenvalue weighted by Crippen LogP contribution is 2.29. The Morgan fingerprint density at radius 3 is 2.81 bits per heavy atom. The highest BCUT2D eigenvalue weighted by molar-refractivity contribution is 6.32. The molecule has 0 saturated carbocycles. The lowest BCUT2D eigenvalue weighted by Gasteiger charge is -2.13. The molecular formula is C18H16ClFN4O3. The van der Waals surface area contributed by atoms with E-state index in [0.717, 1.165) is 10.7 Å². The van der Waals surface area contributed by atoms with E-state index < -0.39 is 11.4 Å². The van der Waals surface area contributed by atoms with E-state index in [0.29, 0.717) is 10.9 Å². The average molecular weight is 391 g/mol. The first kappa shape index (κ1) is 18.8. The van der Waals surface area contributed by atoms with Crippen molar-refractivity contribution in [3.8, 4) is 11.4 Å². The van der Waals surface area contributed by atoms with Crippen LogP contribution in [0.25, 0.3) is 16.6 Å². The molecule has 0 saturated heterocycles. The van der Waals surface area contributed by atoms with Crippen molar-refractivity contribution in [1.29, 1.82) is 0 Å². The topological polar surface area (TPSA) is 86.1 Å². The quantitative estimate of drug-likeness (QED) is 0.723. The van der Waals surface area contributed by atoms with Crippen molar-refractivity contribution in [3.05, 3.63) is 57.6 Å². The molecule has 1 N–H and O–H groups in total. The summed E-state index contributed by atoms with van der Waals surface area (Å²) in [6, 6.07) is 8.76. The Balaban J connectivity index is 1.98. The molecule has 7 nitrogen and oxygen atoms in total. The monoisotopic (exact) mass is 390 g/mol. The zero-order valence-electron chi connectivity index (χ0n) is 14.6. The molecule has 0 fully saturated rings. The van der Waals surface area contributed by atoms with Crippen molar-refractivity contribution in [1.82, 2.24) is 20.3 Å². The van der Waals surface area contributed by atoms with Crippen LogP contribution in [-0.4, -0.2) is 33.5 Å². The van der Waals surface area contributed by atoms with Gasteiger partial charge in [0, 0.05) is 12.1 Å². The molecule has 0 spiro atoms. The zero-order chi connectivity index (χ0) is 19.6. The van der Waals surface area contributed by atoms with E-state index in [4.69, 9.17) is 16.3 Å². The van der Waals surface area contributed by atoms with Crippen molar-refractivity contribution in [2.75, 3.05) is 6.61 Å². The standard InChI is InChI=1S/C18H16ClFN4O3/c1-10(2)21-17(25)9-27-16-8-15(13(20)7-12(16)19)24-18(26)11-5-3-4-6-14(11)22-23-24/h3-8,10H,9H2,1-2H3,(H,21,25). The van der Waals surface area contributed by atoms with Crippen LogP contribution < -0.4 is 15.6 Å². The molecule has 0 bridgehead atoms. The maximum atomic E-state index is 14.4. The van der Waals surface area contributed by atoms with Crippen LogP contribution in [0.3, 0.4) is 0 Å². The Kier molecular flexibility index (Phi) is 5.36. The summed E-state index contributed by atoms with van der Waals surface area (Å²) in [6.45, 7) is 3.32. The van der Waals surface area contributed by atoms with Crippen LogP contribution in [0, 0.1) is 5.82 Å². The second kappa shape index (κ2) is 7.71. The Morgan fingerprint density at radius 1 is 1.33 bits per heavy atom. The Bertz CT molecular complexity index is 1070. The molecule has 140 valence electrons. The van der Waals surface area contributed by atoms with Gasteiger partial charge in [0.1, 0.15) is 17.0 Å². The van der Waals surface area contributed by atoms with Crippen LogP contribution in [0.2, 0.25) is 5.02 Å². The third-order valence-electron chi connectivity index (χ3n) is 3.61. The fraction of sp³-hybridized carbons (Fsp3) is 0.222. The second-order valence-corrected chi connectivity index (χ2v) is 6.48. The van der Waals surface area contributed by atoms with Crippen LogP contribution >= 0.6 is 11.6 Å². The fourth-order valence-corrected chi connectivity index (χ4v) is 2.65. The minimum absolute atomic E-state index is 0.0320. The van der Waals surface area contributed by atoms with Gasteiger partial charge >= 0.3 is 0 Å². The van der Waals surface area contributed by atoms with Gasteiger partial charge in [-0.1, -0.05) is 28.9 Å². The Morgan fingerprint density at radius 2 is 2.07 bits per heavy atom. The van der Waals surface area contributed by atoms with Gasteiger partial charge in [0.05, 0.1) is 10.4 Å². The molecule has 0 aliphatic carbocycles. The first-order valence-electron chi connectivity index (χ1n) is 8.13. The lowest BCUT2D eigenvalue weighted by Crippen LogP contribution is -2.34. The van der Waals surface area contributed by atoms with Crippen LogP contribution in [0.5, 0.6) is 5.75 Å². The number of halogens is 2. The number of rotatable bonds is 5. The number of fused-ring (bicyclic) bond motifs is 1. The SMILES string of the molecule is CC(C)NC(=O)COc1cc(-n2nnc3ccccc3c2=O)c(F)cc1Cl. The summed E-state index contributed by atoms with van der Waals surface area (Å²) >= 11 is 5.99. The van der Waals surface area contributed by atoms with Gasteiger partial charge < -0.3 is 10.1 Å². The fourth-order valence-electron chi connectivity index (χ4n) is 2.45. The third-order valence-corrected chi connectivity index (χ3v) is 3.90. The maximum Gasteiger partial charge on any atom is 0.282 e. The summed E-state index contributed by atoms with van der Waals surface area (Å²) < 4.78 is 20.6. The molecular weight excluding hydrogens is 375 g/mol. The first-order valence-corrected chi connectivity index (χ1v) is 8.51. The van der Waals surface area contributed by atoms with E-state index in [2.05, 4.69) is 15.6 Å². The lowest BCUT2D eigenvalue weighted by molar-refractivity contribution is -0.123. The predicted molar refractivity (Wildman–Crippen MR) is 98.9 cm³/mol. The molecule has 3 rings (SSSR count). The van der Waals surface area contributed by atoms with Gasteiger partial charge in [-0.25, -0.2) is 4.39 Å². The van der Waals surface area contributed by atoms with Crippen LogP contribution in [0.1, 0.15) is 13.8 Å². The van der Waals surface area contributed by atoms with E-state index in [1.165, 1.54) is 6.07 Å². The van der Waals surface area contributed by atoms with Crippen molar-refractivity contribution in [2.24, 2.45) is 0 Å². The number of benzene rings is 2. The maximum absolute atomic E-state index is 14.4. The number of amides is 1. The number of carbonyl (C=O) groups is 1. The van der Waals surface area contributed by atoms with E-state index in [9.17, 15) is 14.0 Å².